The van der Waals surface area contributed by atoms with Gasteiger partial charge >= 0.3 is 0 Å². The van der Waals surface area contributed by atoms with Crippen LogP contribution in [0.2, 0.25) is 0 Å². The van der Waals surface area contributed by atoms with Gasteiger partial charge in [0.05, 0.1) is 10.9 Å². The third-order valence-corrected chi connectivity index (χ3v) is 5.61. The minimum Gasteiger partial charge on any atom is -0.327 e. The number of carbonyl (C=O) groups excluding carboxylic acids is 1. The Bertz CT molecular complexity index is 1100. The summed E-state index contributed by atoms with van der Waals surface area (Å²) in [5.74, 6) is 0.675. The molecule has 26 heavy (non-hydrogen) atoms. The normalized spacial score (nSPS) is 21.7. The number of rotatable bonds is 0. The Kier molecular flexibility index (Phi) is 3.26. The molecule has 3 aromatic rings. The largest absolute Gasteiger partial charge is 0.327 e. The fourth-order valence-electron chi connectivity index (χ4n) is 4.36. The molecule has 1 aromatic heterocycles. The number of aromatic nitrogens is 2. The maximum absolute atomic E-state index is 13.2. The van der Waals surface area contributed by atoms with E-state index in [2.05, 4.69) is 12.1 Å². The zero-order valence-corrected chi connectivity index (χ0v) is 14.6. The summed E-state index contributed by atoms with van der Waals surface area (Å²) >= 11 is 0. The fourth-order valence-corrected chi connectivity index (χ4v) is 4.36. The molecule has 130 valence electrons. The second kappa shape index (κ2) is 5.53. The van der Waals surface area contributed by atoms with Crippen LogP contribution in [-0.4, -0.2) is 26.9 Å². The van der Waals surface area contributed by atoms with E-state index in [4.69, 9.17) is 4.98 Å². The Morgan fingerprint density at radius 2 is 1.81 bits per heavy atom. The second-order valence-corrected chi connectivity index (χ2v) is 7.07. The van der Waals surface area contributed by atoms with E-state index < -0.39 is 6.04 Å². The summed E-state index contributed by atoms with van der Waals surface area (Å²) in [5, 5.41) is 0.561. The molecular weight excluding hydrogens is 326 g/mol. The second-order valence-electron chi connectivity index (χ2n) is 7.07. The summed E-state index contributed by atoms with van der Waals surface area (Å²) in [7, 11) is 0. The number of hydrogen-bond donors (Lipinski definition) is 0. The molecule has 0 saturated heterocycles. The van der Waals surface area contributed by atoms with Gasteiger partial charge in [0.1, 0.15) is 17.9 Å². The van der Waals surface area contributed by atoms with Crippen molar-refractivity contribution in [2.75, 3.05) is 6.54 Å². The smallest absolute Gasteiger partial charge is 0.262 e. The highest BCUT2D eigenvalue weighted by Gasteiger charge is 2.41. The first-order valence-corrected chi connectivity index (χ1v) is 9.06. The average Bonchev–Trinajstić information content (AvgIpc) is 2.86. The lowest BCUT2D eigenvalue weighted by Gasteiger charge is -2.39. The molecule has 0 bridgehead atoms. The van der Waals surface area contributed by atoms with Crippen LogP contribution in [0.5, 0.6) is 0 Å². The zero-order chi connectivity index (χ0) is 17.8. The summed E-state index contributed by atoms with van der Waals surface area (Å²) < 4.78 is 1.61. The Labute approximate surface area is 150 Å². The average molecular weight is 345 g/mol. The maximum Gasteiger partial charge on any atom is 0.262 e. The lowest BCUT2D eigenvalue weighted by Crippen LogP contribution is -2.49. The zero-order valence-electron chi connectivity index (χ0n) is 14.6. The van der Waals surface area contributed by atoms with Crippen LogP contribution in [0.25, 0.3) is 10.9 Å². The summed E-state index contributed by atoms with van der Waals surface area (Å²) in [6.07, 6.45) is 1.85. The number of para-hydroxylation sites is 1. The van der Waals surface area contributed by atoms with Crippen molar-refractivity contribution in [2.45, 2.75) is 31.8 Å². The summed E-state index contributed by atoms with van der Waals surface area (Å²) in [6, 6.07) is 14.7. The van der Waals surface area contributed by atoms with Gasteiger partial charge in [-0.2, -0.15) is 0 Å². The Hall–Kier alpha value is -2.95. The van der Waals surface area contributed by atoms with Gasteiger partial charge in [0.25, 0.3) is 5.56 Å². The number of fused-ring (bicyclic) bond motifs is 6. The van der Waals surface area contributed by atoms with Crippen molar-refractivity contribution in [1.82, 2.24) is 14.5 Å². The molecule has 2 aliphatic rings. The Morgan fingerprint density at radius 1 is 1.04 bits per heavy atom. The third kappa shape index (κ3) is 2.00. The van der Waals surface area contributed by atoms with Crippen molar-refractivity contribution in [3.05, 3.63) is 75.8 Å². The molecular formula is C21H19N3O2. The minimum absolute atomic E-state index is 0.00150. The number of hydrogen-bond acceptors (Lipinski definition) is 3. The SMILES string of the molecule is C[C@H]1C(=O)N2CCCc3ccccc3[C@H]2c2nc3ccccc3c(=O)n21. The van der Waals surface area contributed by atoms with Gasteiger partial charge in [-0.05, 0) is 43.0 Å². The van der Waals surface area contributed by atoms with Gasteiger partial charge in [0, 0.05) is 6.54 Å². The molecule has 0 aliphatic carbocycles. The van der Waals surface area contributed by atoms with E-state index in [1.165, 1.54) is 5.56 Å². The van der Waals surface area contributed by atoms with Crippen LogP contribution in [0, 0.1) is 0 Å². The molecule has 2 aromatic carbocycles. The third-order valence-electron chi connectivity index (χ3n) is 5.61. The Morgan fingerprint density at radius 3 is 2.69 bits per heavy atom. The van der Waals surface area contributed by atoms with E-state index in [-0.39, 0.29) is 17.5 Å². The molecule has 0 saturated carbocycles. The van der Waals surface area contributed by atoms with E-state index in [0.29, 0.717) is 23.3 Å². The molecule has 5 heteroatoms. The van der Waals surface area contributed by atoms with Crippen LogP contribution in [0.1, 0.15) is 42.4 Å². The van der Waals surface area contributed by atoms with Gasteiger partial charge in [0.15, 0.2) is 0 Å². The highest BCUT2D eigenvalue weighted by Crippen LogP contribution is 2.38. The molecule has 1 amide bonds. The highest BCUT2D eigenvalue weighted by molar-refractivity contribution is 5.84. The first-order chi connectivity index (χ1) is 12.7. The number of amides is 1. The van der Waals surface area contributed by atoms with Crippen LogP contribution >= 0.6 is 0 Å². The predicted octanol–water partition coefficient (Wildman–Crippen LogP) is 2.84. The lowest BCUT2D eigenvalue weighted by atomic mass is 9.95. The van der Waals surface area contributed by atoms with E-state index in [0.717, 1.165) is 18.4 Å². The first kappa shape index (κ1) is 15.3. The highest BCUT2D eigenvalue weighted by atomic mass is 16.2. The maximum atomic E-state index is 13.2. The molecule has 0 radical (unpaired) electrons. The van der Waals surface area contributed by atoms with Crippen LogP contribution in [0.3, 0.4) is 0 Å². The van der Waals surface area contributed by atoms with Crippen molar-refractivity contribution in [3.63, 3.8) is 0 Å². The minimum atomic E-state index is -0.531. The van der Waals surface area contributed by atoms with Gasteiger partial charge in [0.2, 0.25) is 5.91 Å². The number of carbonyl (C=O) groups is 1. The number of nitrogens with zero attached hydrogens (tertiary/aromatic N) is 3. The van der Waals surface area contributed by atoms with Gasteiger partial charge in [-0.1, -0.05) is 36.4 Å². The number of aryl methyl sites for hydroxylation is 1. The van der Waals surface area contributed by atoms with Crippen LogP contribution in [0.15, 0.2) is 53.3 Å². The van der Waals surface area contributed by atoms with Gasteiger partial charge in [-0.3, -0.25) is 14.2 Å². The predicted molar refractivity (Wildman–Crippen MR) is 99.0 cm³/mol. The monoisotopic (exact) mass is 345 g/mol. The van der Waals surface area contributed by atoms with Gasteiger partial charge in [-0.25, -0.2) is 4.98 Å². The molecule has 0 spiro atoms. The van der Waals surface area contributed by atoms with Crippen molar-refractivity contribution >= 4 is 16.8 Å². The van der Waals surface area contributed by atoms with E-state index in [9.17, 15) is 9.59 Å². The molecule has 2 atom stereocenters. The van der Waals surface area contributed by atoms with Crippen molar-refractivity contribution in [2.24, 2.45) is 0 Å². The molecule has 0 N–H and O–H groups in total. The quantitative estimate of drug-likeness (QED) is 0.629. The van der Waals surface area contributed by atoms with Crippen LogP contribution < -0.4 is 5.56 Å². The van der Waals surface area contributed by atoms with Crippen molar-refractivity contribution in [1.29, 1.82) is 0 Å². The van der Waals surface area contributed by atoms with Crippen LogP contribution in [-0.2, 0) is 11.2 Å². The van der Waals surface area contributed by atoms with Gasteiger partial charge < -0.3 is 4.90 Å². The lowest BCUT2D eigenvalue weighted by molar-refractivity contribution is -0.138. The van der Waals surface area contributed by atoms with E-state index in [1.807, 2.05) is 35.2 Å². The standard InChI is InChI=1S/C21H19N3O2/c1-13-20(25)23-12-6-8-14-7-2-3-9-15(14)18(23)19-22-17-11-5-4-10-16(17)21(26)24(13)19/h2-5,7,9-11,13,18H,6,8,12H2,1H3/t13-,18-/m0/s1. The molecule has 5 nitrogen and oxygen atoms in total. The number of benzene rings is 2. The summed E-state index contributed by atoms with van der Waals surface area (Å²) in [6.45, 7) is 2.49. The molecule has 3 heterocycles. The fraction of sp³-hybridized carbons (Fsp3) is 0.286. The summed E-state index contributed by atoms with van der Waals surface area (Å²) in [4.78, 5) is 33.0. The first-order valence-electron chi connectivity index (χ1n) is 9.06. The molecule has 0 fully saturated rings. The molecule has 2 aliphatic heterocycles. The Balaban J connectivity index is 1.88. The van der Waals surface area contributed by atoms with E-state index in [1.54, 1.807) is 17.6 Å². The summed E-state index contributed by atoms with van der Waals surface area (Å²) in [5.41, 5.74) is 2.87. The molecule has 0 unspecified atom stereocenters. The van der Waals surface area contributed by atoms with Crippen LogP contribution in [0.4, 0.5) is 0 Å². The van der Waals surface area contributed by atoms with Crippen molar-refractivity contribution < 1.29 is 4.79 Å². The van der Waals surface area contributed by atoms with Crippen molar-refractivity contribution in [3.8, 4) is 0 Å². The van der Waals surface area contributed by atoms with Gasteiger partial charge in [-0.15, -0.1) is 0 Å². The van der Waals surface area contributed by atoms with E-state index >= 15 is 0 Å². The topological polar surface area (TPSA) is 55.2 Å². The molecule has 5 rings (SSSR count).